The van der Waals surface area contributed by atoms with Gasteiger partial charge < -0.3 is 5.32 Å². The van der Waals surface area contributed by atoms with Gasteiger partial charge in [-0.05, 0) is 39.0 Å². The number of rotatable bonds is 5. The second kappa shape index (κ2) is 8.44. The zero-order chi connectivity index (χ0) is 21.1. The van der Waals surface area contributed by atoms with Crippen LogP contribution in [-0.2, 0) is 11.0 Å². The van der Waals surface area contributed by atoms with Crippen molar-refractivity contribution in [3.63, 3.8) is 0 Å². The summed E-state index contributed by atoms with van der Waals surface area (Å²) in [6.45, 7) is 4.22. The number of nitrogens with zero attached hydrogens (tertiary/aromatic N) is 2. The number of halogens is 3. The highest BCUT2D eigenvalue weighted by atomic mass is 32.2. The van der Waals surface area contributed by atoms with Gasteiger partial charge in [0.05, 0.1) is 22.1 Å². The van der Waals surface area contributed by atoms with Crippen molar-refractivity contribution in [1.82, 2.24) is 4.98 Å². The van der Waals surface area contributed by atoms with E-state index in [9.17, 15) is 28.0 Å². The van der Waals surface area contributed by atoms with E-state index in [-0.39, 0.29) is 16.5 Å². The largest absolute Gasteiger partial charge is 0.417 e. The number of benzene rings is 1. The Labute approximate surface area is 164 Å². The van der Waals surface area contributed by atoms with Crippen molar-refractivity contribution >= 4 is 29.1 Å². The van der Waals surface area contributed by atoms with Crippen LogP contribution in [0.15, 0.2) is 35.4 Å². The predicted molar refractivity (Wildman–Crippen MR) is 99.1 cm³/mol. The van der Waals surface area contributed by atoms with Crippen molar-refractivity contribution < 1.29 is 22.8 Å². The first kappa shape index (κ1) is 21.4. The number of para-hydroxylation sites is 1. The molecule has 0 bridgehead atoms. The van der Waals surface area contributed by atoms with E-state index in [4.69, 9.17) is 0 Å². The molecule has 0 fully saturated rings. The molecular weight excluding hydrogens is 391 g/mol. The lowest BCUT2D eigenvalue weighted by atomic mass is 10.1. The molecule has 9 heteroatoms. The van der Waals surface area contributed by atoms with Gasteiger partial charge in [-0.1, -0.05) is 23.9 Å². The van der Waals surface area contributed by atoms with E-state index in [1.165, 1.54) is 26.8 Å². The van der Waals surface area contributed by atoms with Crippen molar-refractivity contribution in [3.8, 4) is 6.07 Å². The van der Waals surface area contributed by atoms with Gasteiger partial charge in [-0.2, -0.15) is 18.4 Å². The molecular formula is C19H16F3N3O2S. The molecule has 0 aliphatic carbocycles. The summed E-state index contributed by atoms with van der Waals surface area (Å²) in [5, 5.41) is 10.8. The number of thioether (sulfide) groups is 1. The number of alkyl halides is 3. The normalized spacial score (nSPS) is 12.2. The minimum Gasteiger partial charge on any atom is -0.324 e. The van der Waals surface area contributed by atoms with Crippen molar-refractivity contribution in [2.24, 2.45) is 0 Å². The van der Waals surface area contributed by atoms with Crippen molar-refractivity contribution in [1.29, 1.82) is 5.26 Å². The molecule has 1 amide bonds. The van der Waals surface area contributed by atoms with Gasteiger partial charge in [0.25, 0.3) is 0 Å². The molecule has 1 aromatic carbocycles. The van der Waals surface area contributed by atoms with Crippen LogP contribution < -0.4 is 5.32 Å². The molecule has 5 nitrogen and oxygen atoms in total. The molecule has 1 atom stereocenters. The Bertz CT molecular complexity index is 968. The number of pyridine rings is 1. The fraction of sp³-hybridized carbons (Fsp3) is 0.263. The van der Waals surface area contributed by atoms with Gasteiger partial charge >= 0.3 is 6.18 Å². The highest BCUT2D eigenvalue weighted by Crippen LogP contribution is 2.37. The Kier molecular flexibility index (Phi) is 6.46. The lowest BCUT2D eigenvalue weighted by Crippen LogP contribution is -2.24. The van der Waals surface area contributed by atoms with Crippen LogP contribution in [0.4, 0.5) is 18.9 Å². The number of nitriles is 1. The van der Waals surface area contributed by atoms with Crippen LogP contribution in [0.1, 0.15) is 41.0 Å². The first-order valence-corrected chi connectivity index (χ1v) is 8.99. The van der Waals surface area contributed by atoms with Gasteiger partial charge in [-0.25, -0.2) is 4.98 Å². The summed E-state index contributed by atoms with van der Waals surface area (Å²) < 4.78 is 39.6. The van der Waals surface area contributed by atoms with Crippen LogP contribution in [0.5, 0.6) is 0 Å². The molecule has 0 spiro atoms. The van der Waals surface area contributed by atoms with Gasteiger partial charge in [0.15, 0.2) is 5.78 Å². The van der Waals surface area contributed by atoms with Crippen molar-refractivity contribution in [3.05, 3.63) is 52.7 Å². The van der Waals surface area contributed by atoms with E-state index >= 15 is 0 Å². The van der Waals surface area contributed by atoms with Gasteiger partial charge in [0.1, 0.15) is 11.1 Å². The number of ketones is 1. The second-order valence-corrected chi connectivity index (χ2v) is 7.28. The number of carbonyl (C=O) groups excluding carboxylic acids is 2. The first-order chi connectivity index (χ1) is 13.0. The summed E-state index contributed by atoms with van der Waals surface area (Å²) in [7, 11) is 0. The van der Waals surface area contributed by atoms with E-state index in [0.29, 0.717) is 11.3 Å². The highest BCUT2D eigenvalue weighted by molar-refractivity contribution is 8.00. The lowest BCUT2D eigenvalue weighted by Gasteiger charge is -2.16. The standard InChI is InChI=1S/C19H16F3N3O2S/c1-10-8-15(19(20,21)22)14(9-23)18(24-10)28-12(3)17(27)25-16-7-5-4-6-13(16)11(2)26/h4-8,12H,1-3H3,(H,25,27). The van der Waals surface area contributed by atoms with Gasteiger partial charge in [0, 0.05) is 11.3 Å². The van der Waals surface area contributed by atoms with Crippen LogP contribution in [-0.4, -0.2) is 21.9 Å². The maximum Gasteiger partial charge on any atom is 0.417 e. The van der Waals surface area contributed by atoms with Crippen LogP contribution in [0.3, 0.4) is 0 Å². The van der Waals surface area contributed by atoms with Gasteiger partial charge in [-0.3, -0.25) is 9.59 Å². The summed E-state index contributed by atoms with van der Waals surface area (Å²) in [6, 6.07) is 8.75. The Balaban J connectivity index is 2.29. The van der Waals surface area contributed by atoms with E-state index < -0.39 is 28.5 Å². The molecule has 1 heterocycles. The molecule has 146 valence electrons. The molecule has 0 aliphatic heterocycles. The number of hydrogen-bond donors (Lipinski definition) is 1. The Morgan fingerprint density at radius 2 is 1.93 bits per heavy atom. The molecule has 1 aromatic heterocycles. The van der Waals surface area contributed by atoms with Crippen LogP contribution in [0.25, 0.3) is 0 Å². The van der Waals surface area contributed by atoms with Crippen molar-refractivity contribution in [2.45, 2.75) is 37.2 Å². The number of aryl methyl sites for hydroxylation is 1. The third-order valence-corrected chi connectivity index (χ3v) is 4.84. The SMILES string of the molecule is CC(=O)c1ccccc1NC(=O)C(C)Sc1nc(C)cc(C(F)(F)F)c1C#N. The minimum atomic E-state index is -4.71. The van der Waals surface area contributed by atoms with Crippen LogP contribution in [0.2, 0.25) is 0 Å². The van der Waals surface area contributed by atoms with Crippen molar-refractivity contribution in [2.75, 3.05) is 5.32 Å². The number of nitrogens with one attached hydrogen (secondary N) is 1. The number of Topliss-reactive ketones (excluding diaryl/α,β-unsaturated/α-hetero) is 1. The maximum absolute atomic E-state index is 13.2. The topological polar surface area (TPSA) is 82.8 Å². The zero-order valence-corrected chi connectivity index (χ0v) is 16.0. The smallest absolute Gasteiger partial charge is 0.324 e. The maximum atomic E-state index is 13.2. The highest BCUT2D eigenvalue weighted by Gasteiger charge is 2.36. The molecule has 0 saturated carbocycles. The summed E-state index contributed by atoms with van der Waals surface area (Å²) >= 11 is 0.750. The summed E-state index contributed by atoms with van der Waals surface area (Å²) in [5.74, 6) is -0.766. The number of carbonyl (C=O) groups is 2. The molecule has 0 radical (unpaired) electrons. The van der Waals surface area contributed by atoms with Crippen LogP contribution in [0, 0.1) is 18.3 Å². The third-order valence-electron chi connectivity index (χ3n) is 3.75. The fourth-order valence-corrected chi connectivity index (χ4v) is 3.39. The average Bonchev–Trinajstić information content (AvgIpc) is 2.60. The quantitative estimate of drug-likeness (QED) is 0.578. The molecule has 2 rings (SSSR count). The predicted octanol–water partition coefficient (Wildman–Crippen LogP) is 4.60. The minimum absolute atomic E-state index is 0.0864. The second-order valence-electron chi connectivity index (χ2n) is 5.95. The molecule has 2 aromatic rings. The third kappa shape index (κ3) is 4.89. The van der Waals surface area contributed by atoms with Gasteiger partial charge in [0.2, 0.25) is 5.91 Å². The zero-order valence-electron chi connectivity index (χ0n) is 15.2. The summed E-state index contributed by atoms with van der Waals surface area (Å²) in [4.78, 5) is 28.1. The van der Waals surface area contributed by atoms with E-state index in [0.717, 1.165) is 17.8 Å². The van der Waals surface area contributed by atoms with Crippen LogP contribution >= 0.6 is 11.8 Å². The Morgan fingerprint density at radius 3 is 2.50 bits per heavy atom. The first-order valence-electron chi connectivity index (χ1n) is 8.11. The lowest BCUT2D eigenvalue weighted by molar-refractivity contribution is -0.138. The molecule has 1 unspecified atom stereocenters. The van der Waals surface area contributed by atoms with E-state index in [2.05, 4.69) is 10.3 Å². The van der Waals surface area contributed by atoms with E-state index in [1.54, 1.807) is 24.3 Å². The number of amides is 1. The number of aromatic nitrogens is 1. The Hall–Kier alpha value is -2.86. The summed E-state index contributed by atoms with van der Waals surface area (Å²) in [6.07, 6.45) is -4.71. The van der Waals surface area contributed by atoms with Gasteiger partial charge in [-0.15, -0.1) is 0 Å². The van der Waals surface area contributed by atoms with E-state index in [1.807, 2.05) is 0 Å². The molecule has 0 saturated heterocycles. The summed E-state index contributed by atoms with van der Waals surface area (Å²) in [5.41, 5.74) is -0.991. The monoisotopic (exact) mass is 407 g/mol. The average molecular weight is 407 g/mol. The number of hydrogen-bond acceptors (Lipinski definition) is 5. The molecule has 1 N–H and O–H groups in total. The molecule has 0 aliphatic rings. The number of anilines is 1. The molecule has 28 heavy (non-hydrogen) atoms. The Morgan fingerprint density at radius 1 is 1.29 bits per heavy atom. The fourth-order valence-electron chi connectivity index (χ4n) is 2.42.